The van der Waals surface area contributed by atoms with Crippen molar-refractivity contribution in [2.75, 3.05) is 25.0 Å². The summed E-state index contributed by atoms with van der Waals surface area (Å²) in [6, 6.07) is 18.5. The Labute approximate surface area is 204 Å². The summed E-state index contributed by atoms with van der Waals surface area (Å²) in [6.07, 6.45) is 1.69. The van der Waals surface area contributed by atoms with Gasteiger partial charge in [0, 0.05) is 25.3 Å². The maximum absolute atomic E-state index is 13.7. The van der Waals surface area contributed by atoms with E-state index in [9.17, 15) is 17.6 Å². The van der Waals surface area contributed by atoms with Crippen molar-refractivity contribution in [3.8, 4) is 5.75 Å². The van der Waals surface area contributed by atoms with E-state index in [0.29, 0.717) is 35.7 Å². The highest BCUT2D eigenvalue weighted by Gasteiger charge is 2.24. The number of methoxy groups -OCH3 is 1. The quantitative estimate of drug-likeness (QED) is 0.471. The first-order valence-corrected chi connectivity index (χ1v) is 12.8. The number of para-hydroxylation sites is 2. The number of nitrogens with one attached hydrogen (secondary N) is 1. The summed E-state index contributed by atoms with van der Waals surface area (Å²) in [5.74, 6) is -0.263. The molecule has 0 spiro atoms. The van der Waals surface area contributed by atoms with Crippen molar-refractivity contribution in [3.05, 3.63) is 89.7 Å². The molecule has 1 unspecified atom stereocenters. The fourth-order valence-electron chi connectivity index (χ4n) is 4.00. The van der Waals surface area contributed by atoms with Gasteiger partial charge in [-0.2, -0.15) is 0 Å². The van der Waals surface area contributed by atoms with Crippen LogP contribution in [-0.4, -0.2) is 45.6 Å². The van der Waals surface area contributed by atoms with E-state index in [1.807, 2.05) is 0 Å². The van der Waals surface area contributed by atoms with Crippen LogP contribution in [0.15, 0.2) is 77.7 Å². The highest BCUT2D eigenvalue weighted by atomic mass is 32.2. The normalized spacial score (nSPS) is 15.5. The van der Waals surface area contributed by atoms with E-state index in [1.165, 1.54) is 43.5 Å². The number of halogens is 1. The molecule has 1 amide bonds. The zero-order chi connectivity index (χ0) is 24.8. The second kappa shape index (κ2) is 10.9. The summed E-state index contributed by atoms with van der Waals surface area (Å²) in [5, 5.41) is 0. The minimum atomic E-state index is -3.90. The van der Waals surface area contributed by atoms with Crippen LogP contribution in [0.3, 0.4) is 0 Å². The number of sulfonamides is 1. The number of anilines is 1. The first kappa shape index (κ1) is 24.7. The van der Waals surface area contributed by atoms with E-state index < -0.39 is 10.0 Å². The maximum Gasteiger partial charge on any atom is 0.262 e. The lowest BCUT2D eigenvalue weighted by Crippen LogP contribution is -2.37. The molecule has 1 aliphatic heterocycles. The van der Waals surface area contributed by atoms with Crippen LogP contribution in [-0.2, 0) is 21.3 Å². The number of rotatable bonds is 9. The topological polar surface area (TPSA) is 84.9 Å². The van der Waals surface area contributed by atoms with Gasteiger partial charge in [0.05, 0.1) is 23.8 Å². The van der Waals surface area contributed by atoms with Gasteiger partial charge in [0.1, 0.15) is 11.6 Å². The van der Waals surface area contributed by atoms with Gasteiger partial charge in [-0.25, -0.2) is 12.8 Å². The fraction of sp³-hybridized carbons (Fsp3) is 0.269. The van der Waals surface area contributed by atoms with Gasteiger partial charge in [0.2, 0.25) is 0 Å². The Kier molecular flexibility index (Phi) is 7.67. The van der Waals surface area contributed by atoms with E-state index in [1.54, 1.807) is 41.3 Å². The first-order valence-electron chi connectivity index (χ1n) is 11.3. The Bertz CT molecular complexity index is 1270. The average Bonchev–Trinajstić information content (AvgIpc) is 3.37. The molecule has 9 heteroatoms. The lowest BCUT2D eigenvalue weighted by molar-refractivity contribution is 0.0507. The molecule has 3 aromatic rings. The summed E-state index contributed by atoms with van der Waals surface area (Å²) >= 11 is 0. The molecule has 0 saturated carbocycles. The molecule has 184 valence electrons. The minimum absolute atomic E-state index is 0.00997. The van der Waals surface area contributed by atoms with Gasteiger partial charge in [-0.1, -0.05) is 24.3 Å². The van der Waals surface area contributed by atoms with Crippen molar-refractivity contribution in [2.45, 2.75) is 30.4 Å². The molecule has 1 fully saturated rings. The van der Waals surface area contributed by atoms with Crippen molar-refractivity contribution in [3.63, 3.8) is 0 Å². The number of benzene rings is 3. The third kappa shape index (κ3) is 6.17. The van der Waals surface area contributed by atoms with E-state index in [2.05, 4.69) is 4.72 Å². The first-order chi connectivity index (χ1) is 16.9. The predicted octanol–water partition coefficient (Wildman–Crippen LogP) is 4.46. The Hall–Kier alpha value is -3.43. The second-order valence-corrected chi connectivity index (χ2v) is 9.96. The van der Waals surface area contributed by atoms with Crippen LogP contribution in [0.4, 0.5) is 10.1 Å². The van der Waals surface area contributed by atoms with Gasteiger partial charge in [-0.05, 0) is 66.9 Å². The summed E-state index contributed by atoms with van der Waals surface area (Å²) in [6.45, 7) is 1.23. The highest BCUT2D eigenvalue weighted by Crippen LogP contribution is 2.26. The lowest BCUT2D eigenvalue weighted by Gasteiger charge is -2.26. The Morgan fingerprint density at radius 1 is 1.11 bits per heavy atom. The number of amides is 1. The highest BCUT2D eigenvalue weighted by molar-refractivity contribution is 7.92. The second-order valence-electron chi connectivity index (χ2n) is 8.28. The summed E-state index contributed by atoms with van der Waals surface area (Å²) < 4.78 is 52.9. The van der Waals surface area contributed by atoms with Crippen molar-refractivity contribution >= 4 is 21.6 Å². The Morgan fingerprint density at radius 3 is 2.57 bits per heavy atom. The fourth-order valence-corrected chi connectivity index (χ4v) is 5.07. The number of carbonyl (C=O) groups is 1. The van der Waals surface area contributed by atoms with Crippen molar-refractivity contribution in [1.82, 2.24) is 4.90 Å². The van der Waals surface area contributed by atoms with Crippen LogP contribution >= 0.6 is 0 Å². The molecule has 0 radical (unpaired) electrons. The smallest absolute Gasteiger partial charge is 0.262 e. The van der Waals surface area contributed by atoms with Crippen LogP contribution < -0.4 is 9.46 Å². The van der Waals surface area contributed by atoms with Gasteiger partial charge in [0.25, 0.3) is 15.9 Å². The number of carbonyl (C=O) groups excluding carboxylic acids is 1. The predicted molar refractivity (Wildman–Crippen MR) is 130 cm³/mol. The van der Waals surface area contributed by atoms with Crippen LogP contribution in [0.5, 0.6) is 5.75 Å². The third-order valence-corrected chi connectivity index (χ3v) is 7.14. The van der Waals surface area contributed by atoms with E-state index in [0.717, 1.165) is 12.8 Å². The van der Waals surface area contributed by atoms with E-state index in [4.69, 9.17) is 9.47 Å². The third-order valence-electron chi connectivity index (χ3n) is 5.76. The van der Waals surface area contributed by atoms with Crippen LogP contribution in [0.25, 0.3) is 0 Å². The molecule has 1 saturated heterocycles. The lowest BCUT2D eigenvalue weighted by atomic mass is 10.1. The SMILES string of the molecule is COc1ccccc1NS(=O)(=O)c1ccc(C(=O)N(Cc2cccc(F)c2)CC2CCCO2)cc1. The van der Waals surface area contributed by atoms with Crippen molar-refractivity contribution < 1.29 is 27.1 Å². The van der Waals surface area contributed by atoms with Crippen LogP contribution in [0, 0.1) is 5.82 Å². The average molecular weight is 499 g/mol. The van der Waals surface area contributed by atoms with Gasteiger partial charge in [-0.3, -0.25) is 9.52 Å². The molecule has 4 rings (SSSR count). The molecule has 3 aromatic carbocycles. The number of nitrogens with zero attached hydrogens (tertiary/aromatic N) is 1. The molecular formula is C26H27FN2O5S. The molecule has 0 aromatic heterocycles. The van der Waals surface area contributed by atoms with Gasteiger partial charge in [-0.15, -0.1) is 0 Å². The zero-order valence-electron chi connectivity index (χ0n) is 19.3. The largest absolute Gasteiger partial charge is 0.495 e. The Morgan fingerprint density at radius 2 is 1.89 bits per heavy atom. The molecule has 7 nitrogen and oxygen atoms in total. The molecule has 1 heterocycles. The van der Waals surface area contributed by atoms with E-state index >= 15 is 0 Å². The molecule has 0 aliphatic carbocycles. The van der Waals surface area contributed by atoms with Gasteiger partial charge >= 0.3 is 0 Å². The van der Waals surface area contributed by atoms with Gasteiger partial charge in [0.15, 0.2) is 0 Å². The maximum atomic E-state index is 13.7. The summed E-state index contributed by atoms with van der Waals surface area (Å²) in [5.41, 5.74) is 1.31. The number of ether oxygens (including phenoxy) is 2. The van der Waals surface area contributed by atoms with Crippen molar-refractivity contribution in [2.24, 2.45) is 0 Å². The molecule has 1 N–H and O–H groups in total. The van der Waals surface area contributed by atoms with E-state index in [-0.39, 0.29) is 29.3 Å². The Balaban J connectivity index is 1.53. The van der Waals surface area contributed by atoms with Crippen LogP contribution in [0.1, 0.15) is 28.8 Å². The number of hydrogen-bond acceptors (Lipinski definition) is 5. The number of hydrogen-bond donors (Lipinski definition) is 1. The molecule has 1 atom stereocenters. The van der Waals surface area contributed by atoms with Crippen molar-refractivity contribution in [1.29, 1.82) is 0 Å². The molecule has 1 aliphatic rings. The standard InChI is InChI=1S/C26H27FN2O5S/c1-33-25-10-3-2-9-24(25)28-35(31,32)23-13-11-20(12-14-23)26(30)29(18-22-8-5-15-34-22)17-19-6-4-7-21(27)16-19/h2-4,6-7,9-14,16,22,28H,5,8,15,17-18H2,1H3. The van der Waals surface area contributed by atoms with Crippen LogP contribution in [0.2, 0.25) is 0 Å². The molecule has 0 bridgehead atoms. The molecule has 35 heavy (non-hydrogen) atoms. The monoisotopic (exact) mass is 498 g/mol. The summed E-state index contributed by atoms with van der Waals surface area (Å²) in [4.78, 5) is 15.0. The van der Waals surface area contributed by atoms with Gasteiger partial charge < -0.3 is 14.4 Å². The zero-order valence-corrected chi connectivity index (χ0v) is 20.1. The minimum Gasteiger partial charge on any atom is -0.495 e. The summed E-state index contributed by atoms with van der Waals surface area (Å²) in [7, 11) is -2.44. The molecular weight excluding hydrogens is 471 g/mol.